The van der Waals surface area contributed by atoms with E-state index in [1.165, 1.54) is 0 Å². The maximum absolute atomic E-state index is 13.4. The number of likely N-dealkylation sites (tertiary alicyclic amines) is 1. The van der Waals surface area contributed by atoms with Crippen molar-refractivity contribution >= 4 is 40.4 Å². The molecule has 2 aromatic carbocycles. The summed E-state index contributed by atoms with van der Waals surface area (Å²) >= 11 is 6.61. The van der Waals surface area contributed by atoms with E-state index in [2.05, 4.69) is 69.3 Å². The first-order valence-electron chi connectivity index (χ1n) is 12.3. The molecule has 1 amide bonds. The Morgan fingerprint density at radius 1 is 1.00 bits per heavy atom. The molecule has 5 nitrogen and oxygen atoms in total. The Labute approximate surface area is 214 Å². The molecule has 0 N–H and O–H groups in total. The fraction of sp³-hybridized carbons (Fsp3) is 0.500. The van der Waals surface area contributed by atoms with Crippen LogP contribution in [0, 0.1) is 5.41 Å². The molecule has 0 radical (unpaired) electrons. The summed E-state index contributed by atoms with van der Waals surface area (Å²) in [5.74, 6) is 0.640. The Morgan fingerprint density at radius 2 is 1.54 bits per heavy atom. The van der Waals surface area contributed by atoms with Gasteiger partial charge < -0.3 is 9.47 Å². The van der Waals surface area contributed by atoms with Crippen molar-refractivity contribution in [2.24, 2.45) is 10.4 Å². The highest BCUT2D eigenvalue weighted by atomic mass is 32.4. The summed E-state index contributed by atoms with van der Waals surface area (Å²) in [6, 6.07) is 18.3. The van der Waals surface area contributed by atoms with Crippen molar-refractivity contribution in [3.05, 3.63) is 60.7 Å². The van der Waals surface area contributed by atoms with Crippen molar-refractivity contribution < 1.29 is 14.3 Å². The van der Waals surface area contributed by atoms with Crippen LogP contribution in [0.1, 0.15) is 48.0 Å². The van der Waals surface area contributed by atoms with Gasteiger partial charge in [0.25, 0.3) is 0 Å². The zero-order chi connectivity index (χ0) is 25.4. The summed E-state index contributed by atoms with van der Waals surface area (Å²) < 4.78 is 12.0. The van der Waals surface area contributed by atoms with Crippen molar-refractivity contribution in [3.8, 4) is 0 Å². The highest BCUT2D eigenvalue weighted by Crippen LogP contribution is 2.53. The highest BCUT2D eigenvalue weighted by Gasteiger charge is 2.48. The van der Waals surface area contributed by atoms with Gasteiger partial charge in [-0.15, -0.1) is 0 Å². The predicted octanol–water partition coefficient (Wildman–Crippen LogP) is 5.34. The summed E-state index contributed by atoms with van der Waals surface area (Å²) in [5, 5.41) is 2.33. The molecule has 1 fully saturated rings. The number of aliphatic imine (C=N–C) groups is 1. The molecular formula is C28H37N2O3PS. The van der Waals surface area contributed by atoms with Gasteiger partial charge in [-0.1, -0.05) is 93.2 Å². The van der Waals surface area contributed by atoms with Crippen molar-refractivity contribution in [1.82, 2.24) is 4.90 Å². The van der Waals surface area contributed by atoms with Crippen LogP contribution in [0.5, 0.6) is 0 Å². The largest absolute Gasteiger partial charge is 0.477 e. The zero-order valence-corrected chi connectivity index (χ0v) is 23.3. The molecule has 0 unspecified atom stereocenters. The summed E-state index contributed by atoms with van der Waals surface area (Å²) in [6.07, 6.45) is 0.369. The first kappa shape index (κ1) is 25.9. The molecule has 0 aromatic heterocycles. The van der Waals surface area contributed by atoms with E-state index in [-0.39, 0.29) is 29.3 Å². The Morgan fingerprint density at radius 3 is 2.00 bits per heavy atom. The van der Waals surface area contributed by atoms with Gasteiger partial charge in [0.1, 0.15) is 18.2 Å². The van der Waals surface area contributed by atoms with E-state index in [4.69, 9.17) is 26.3 Å². The Hall–Kier alpha value is -2.17. The van der Waals surface area contributed by atoms with Crippen LogP contribution in [0.3, 0.4) is 0 Å². The standard InChI is InChI=1S/C28H37N2O3PS/c1-27(2,3)24-19-32-25(29-24)23-17-22(18-30(23)26(31)33-28(4,5)6)34(35,20-13-9-7-10-14-20)21-15-11-8-12-16-21/h7-16,22-24H,17-19H2,1-6H3/t22-,23-,24+/m0/s1. The minimum atomic E-state index is -2.25. The van der Waals surface area contributed by atoms with Gasteiger partial charge in [-0.25, -0.2) is 9.79 Å². The molecule has 0 aliphatic carbocycles. The summed E-state index contributed by atoms with van der Waals surface area (Å²) in [7, 11) is 0. The number of nitrogens with zero attached hydrogens (tertiary/aromatic N) is 2. The number of ether oxygens (including phenoxy) is 2. The first-order valence-corrected chi connectivity index (χ1v) is 15.2. The van der Waals surface area contributed by atoms with Gasteiger partial charge in [-0.3, -0.25) is 4.90 Å². The average molecular weight is 513 g/mol. The first-order chi connectivity index (χ1) is 16.4. The molecular weight excluding hydrogens is 475 g/mol. The van der Waals surface area contributed by atoms with E-state index in [0.29, 0.717) is 25.5 Å². The molecule has 35 heavy (non-hydrogen) atoms. The smallest absolute Gasteiger partial charge is 0.410 e. The minimum absolute atomic E-state index is 0.0145. The summed E-state index contributed by atoms with van der Waals surface area (Å²) in [5.41, 5.74) is -0.524. The lowest BCUT2D eigenvalue weighted by Crippen LogP contribution is -2.43. The van der Waals surface area contributed by atoms with Crippen molar-refractivity contribution in [3.63, 3.8) is 0 Å². The topological polar surface area (TPSA) is 51.1 Å². The predicted molar refractivity (Wildman–Crippen MR) is 148 cm³/mol. The van der Waals surface area contributed by atoms with Crippen LogP contribution in [0.25, 0.3) is 0 Å². The van der Waals surface area contributed by atoms with Crippen molar-refractivity contribution in [2.75, 3.05) is 13.2 Å². The summed E-state index contributed by atoms with van der Waals surface area (Å²) in [4.78, 5) is 20.2. The molecule has 4 rings (SSSR count). The second kappa shape index (κ2) is 9.71. The van der Waals surface area contributed by atoms with Gasteiger partial charge in [0.2, 0.25) is 5.90 Å². The average Bonchev–Trinajstić information content (AvgIpc) is 3.46. The second-order valence-corrected chi connectivity index (χ2v) is 16.3. The lowest BCUT2D eigenvalue weighted by Gasteiger charge is -2.30. The molecule has 2 aliphatic heterocycles. The molecule has 1 saturated heterocycles. The van der Waals surface area contributed by atoms with Crippen LogP contribution in [0.15, 0.2) is 65.7 Å². The molecule has 2 aliphatic rings. The molecule has 188 valence electrons. The van der Waals surface area contributed by atoms with E-state index in [0.717, 1.165) is 10.6 Å². The van der Waals surface area contributed by atoms with E-state index in [1.54, 1.807) is 0 Å². The third-order valence-electron chi connectivity index (χ3n) is 6.66. The molecule has 2 aromatic rings. The Balaban J connectivity index is 1.75. The van der Waals surface area contributed by atoms with Gasteiger partial charge >= 0.3 is 6.09 Å². The number of amides is 1. The van der Waals surface area contributed by atoms with Crippen LogP contribution < -0.4 is 10.6 Å². The second-order valence-electron chi connectivity index (χ2n) is 11.5. The quantitative estimate of drug-likeness (QED) is 0.519. The molecule has 3 atom stereocenters. The number of hydrogen-bond acceptors (Lipinski definition) is 5. The number of carbonyl (C=O) groups excluding carboxylic acids is 1. The molecule has 7 heteroatoms. The monoisotopic (exact) mass is 512 g/mol. The van der Waals surface area contributed by atoms with Gasteiger partial charge in [0.05, 0.1) is 6.04 Å². The van der Waals surface area contributed by atoms with E-state index in [1.807, 2.05) is 37.8 Å². The van der Waals surface area contributed by atoms with Gasteiger partial charge in [0, 0.05) is 18.2 Å². The van der Waals surface area contributed by atoms with E-state index < -0.39 is 11.6 Å². The van der Waals surface area contributed by atoms with E-state index in [9.17, 15) is 4.79 Å². The zero-order valence-electron chi connectivity index (χ0n) is 21.6. The Bertz CT molecular complexity index is 1080. The van der Waals surface area contributed by atoms with Crippen molar-refractivity contribution in [1.29, 1.82) is 0 Å². The lowest BCUT2D eigenvalue weighted by molar-refractivity contribution is 0.0254. The number of benzene rings is 2. The summed E-state index contributed by atoms with van der Waals surface area (Å²) in [6.45, 7) is 13.2. The third-order valence-corrected chi connectivity index (χ3v) is 12.4. The van der Waals surface area contributed by atoms with Crippen molar-refractivity contribution in [2.45, 2.75) is 71.3 Å². The fourth-order valence-corrected chi connectivity index (χ4v) is 9.18. The maximum atomic E-state index is 13.4. The molecule has 0 bridgehead atoms. The van der Waals surface area contributed by atoms with Crippen LogP contribution in [0.2, 0.25) is 0 Å². The van der Waals surface area contributed by atoms with Crippen LogP contribution in [0.4, 0.5) is 4.79 Å². The minimum Gasteiger partial charge on any atom is -0.477 e. The van der Waals surface area contributed by atoms with Gasteiger partial charge in [-0.2, -0.15) is 0 Å². The van der Waals surface area contributed by atoms with Crippen LogP contribution in [-0.4, -0.2) is 53.4 Å². The SMILES string of the molecule is CC(C)(C)OC(=O)N1C[C@@H](P(=S)(c2ccccc2)c2ccccc2)C[C@H]1C1=N[C@@H](C(C)(C)C)CO1. The third kappa shape index (κ3) is 5.49. The molecule has 2 heterocycles. The molecule has 0 spiro atoms. The number of hydrogen-bond donors (Lipinski definition) is 0. The lowest BCUT2D eigenvalue weighted by atomic mass is 9.88. The maximum Gasteiger partial charge on any atom is 0.410 e. The van der Waals surface area contributed by atoms with Crippen LogP contribution in [-0.2, 0) is 21.3 Å². The number of rotatable bonds is 4. The van der Waals surface area contributed by atoms with E-state index >= 15 is 0 Å². The molecule has 0 saturated carbocycles. The normalized spacial score (nSPS) is 23.1. The number of carbonyl (C=O) groups is 1. The highest BCUT2D eigenvalue weighted by molar-refractivity contribution is 8.22. The fourth-order valence-electron chi connectivity index (χ4n) is 4.72. The van der Waals surface area contributed by atoms with Gasteiger partial charge in [0.15, 0.2) is 0 Å². The Kier molecular flexibility index (Phi) is 7.19. The van der Waals surface area contributed by atoms with Gasteiger partial charge in [-0.05, 0) is 43.2 Å². The van der Waals surface area contributed by atoms with Crippen LogP contribution >= 0.6 is 6.04 Å².